The normalized spacial score (nSPS) is 10.4. The van der Waals surface area contributed by atoms with Crippen LogP contribution in [0.4, 0.5) is 11.5 Å². The fourth-order valence-corrected chi connectivity index (χ4v) is 2.49. The Morgan fingerprint density at radius 2 is 1.63 bits per heavy atom. The summed E-state index contributed by atoms with van der Waals surface area (Å²) in [5, 5.41) is 3.62. The number of nitrogens with zero attached hydrogens (tertiary/aromatic N) is 2. The van der Waals surface area contributed by atoms with Gasteiger partial charge in [-0.2, -0.15) is 8.75 Å². The third-order valence-corrected chi connectivity index (χ3v) is 3.61. The fraction of sp³-hybridized carbons (Fsp3) is 0. The van der Waals surface area contributed by atoms with Gasteiger partial charge in [0.15, 0.2) is 11.0 Å². The number of aromatic nitrogens is 2. The number of anilines is 2. The van der Waals surface area contributed by atoms with Crippen molar-refractivity contribution < 1.29 is 0 Å². The van der Waals surface area contributed by atoms with Crippen LogP contribution in [0.15, 0.2) is 54.6 Å². The van der Waals surface area contributed by atoms with E-state index in [9.17, 15) is 0 Å². The van der Waals surface area contributed by atoms with Crippen LogP contribution < -0.4 is 5.32 Å². The molecule has 0 aliphatic heterocycles. The van der Waals surface area contributed by atoms with Crippen LogP contribution in [0.2, 0.25) is 5.15 Å². The maximum absolute atomic E-state index is 5.96. The summed E-state index contributed by atoms with van der Waals surface area (Å²) in [5.41, 5.74) is 3.21. The lowest BCUT2D eigenvalue weighted by molar-refractivity contribution is 1.44. The molecule has 2 aromatic carbocycles. The van der Waals surface area contributed by atoms with Gasteiger partial charge in [0.05, 0.1) is 11.7 Å². The van der Waals surface area contributed by atoms with Gasteiger partial charge < -0.3 is 5.32 Å². The van der Waals surface area contributed by atoms with Gasteiger partial charge in [-0.1, -0.05) is 60.1 Å². The highest BCUT2D eigenvalue weighted by Gasteiger charge is 2.09. The van der Waals surface area contributed by atoms with Crippen LogP contribution in [0.1, 0.15) is 0 Å². The minimum absolute atomic E-state index is 0.396. The fourth-order valence-electron chi connectivity index (χ4n) is 1.84. The van der Waals surface area contributed by atoms with E-state index >= 15 is 0 Å². The Kier molecular flexibility index (Phi) is 3.44. The van der Waals surface area contributed by atoms with E-state index in [1.807, 2.05) is 36.4 Å². The van der Waals surface area contributed by atoms with Crippen molar-refractivity contribution in [1.29, 1.82) is 0 Å². The Balaban J connectivity index is 2.01. The highest BCUT2D eigenvalue weighted by atomic mass is 35.5. The standard InChI is InChI=1S/C14H10ClN3S/c15-13-14(18-19-17-13)16-12-9-5-4-8-11(12)10-6-2-1-3-7-10/h1-9H,(H,16,18). The van der Waals surface area contributed by atoms with E-state index < -0.39 is 0 Å². The lowest BCUT2D eigenvalue weighted by Gasteiger charge is -2.10. The van der Waals surface area contributed by atoms with Gasteiger partial charge in [-0.05, 0) is 11.6 Å². The quantitative estimate of drug-likeness (QED) is 0.765. The summed E-state index contributed by atoms with van der Waals surface area (Å²) in [5.74, 6) is 0.593. The molecule has 0 radical (unpaired) electrons. The molecule has 1 heterocycles. The first-order chi connectivity index (χ1) is 9.34. The molecule has 0 unspecified atom stereocenters. The predicted octanol–water partition coefficient (Wildman–Crippen LogP) is 4.60. The molecule has 0 fully saturated rings. The second-order valence-electron chi connectivity index (χ2n) is 3.94. The van der Waals surface area contributed by atoms with Crippen molar-refractivity contribution in [3.63, 3.8) is 0 Å². The molecule has 0 saturated carbocycles. The van der Waals surface area contributed by atoms with Crippen LogP contribution in [0, 0.1) is 0 Å². The first-order valence-corrected chi connectivity index (χ1v) is 6.85. The molecular weight excluding hydrogens is 278 g/mol. The van der Waals surface area contributed by atoms with E-state index in [-0.39, 0.29) is 0 Å². The third-order valence-electron chi connectivity index (χ3n) is 2.71. The number of para-hydroxylation sites is 1. The van der Waals surface area contributed by atoms with E-state index in [0.717, 1.165) is 28.5 Å². The van der Waals surface area contributed by atoms with E-state index in [1.165, 1.54) is 0 Å². The maximum atomic E-state index is 5.96. The predicted molar refractivity (Wildman–Crippen MR) is 80.1 cm³/mol. The summed E-state index contributed by atoms with van der Waals surface area (Å²) in [6.07, 6.45) is 0. The van der Waals surface area contributed by atoms with Gasteiger partial charge in [0, 0.05) is 11.3 Å². The van der Waals surface area contributed by atoms with Crippen LogP contribution in [0.3, 0.4) is 0 Å². The Morgan fingerprint density at radius 1 is 0.895 bits per heavy atom. The molecule has 94 valence electrons. The van der Waals surface area contributed by atoms with Gasteiger partial charge in [0.2, 0.25) is 0 Å². The number of rotatable bonds is 3. The smallest absolute Gasteiger partial charge is 0.187 e. The van der Waals surface area contributed by atoms with Crippen molar-refractivity contribution in [2.45, 2.75) is 0 Å². The minimum atomic E-state index is 0.396. The molecule has 3 rings (SSSR count). The molecule has 0 amide bonds. The minimum Gasteiger partial charge on any atom is -0.336 e. The summed E-state index contributed by atoms with van der Waals surface area (Å²) >= 11 is 7.06. The van der Waals surface area contributed by atoms with Crippen LogP contribution in [0.25, 0.3) is 11.1 Å². The summed E-state index contributed by atoms with van der Waals surface area (Å²) in [7, 11) is 0. The van der Waals surface area contributed by atoms with Crippen molar-refractivity contribution in [2.24, 2.45) is 0 Å². The second kappa shape index (κ2) is 5.38. The van der Waals surface area contributed by atoms with Gasteiger partial charge in [-0.25, -0.2) is 0 Å². The van der Waals surface area contributed by atoms with Crippen LogP contribution in [-0.4, -0.2) is 8.75 Å². The molecule has 3 nitrogen and oxygen atoms in total. The lowest BCUT2D eigenvalue weighted by atomic mass is 10.0. The molecule has 0 spiro atoms. The van der Waals surface area contributed by atoms with Crippen LogP contribution >= 0.6 is 23.3 Å². The highest BCUT2D eigenvalue weighted by molar-refractivity contribution is 6.99. The van der Waals surface area contributed by atoms with E-state index in [2.05, 4.69) is 32.3 Å². The van der Waals surface area contributed by atoms with Crippen molar-refractivity contribution in [3.05, 3.63) is 59.8 Å². The number of benzene rings is 2. The molecule has 0 saturated heterocycles. The summed E-state index contributed by atoms with van der Waals surface area (Å²) < 4.78 is 8.08. The van der Waals surface area contributed by atoms with E-state index in [0.29, 0.717) is 11.0 Å². The highest BCUT2D eigenvalue weighted by Crippen LogP contribution is 2.31. The largest absolute Gasteiger partial charge is 0.336 e. The summed E-state index contributed by atoms with van der Waals surface area (Å²) in [6.45, 7) is 0. The van der Waals surface area contributed by atoms with Crippen molar-refractivity contribution >= 4 is 34.8 Å². The molecule has 5 heteroatoms. The molecule has 3 aromatic rings. The van der Waals surface area contributed by atoms with E-state index in [4.69, 9.17) is 11.6 Å². The first-order valence-electron chi connectivity index (χ1n) is 5.74. The second-order valence-corrected chi connectivity index (χ2v) is 4.83. The Labute approximate surface area is 120 Å². The van der Waals surface area contributed by atoms with Crippen LogP contribution in [0.5, 0.6) is 0 Å². The monoisotopic (exact) mass is 287 g/mol. The first kappa shape index (κ1) is 12.1. The van der Waals surface area contributed by atoms with Crippen molar-refractivity contribution in [1.82, 2.24) is 8.75 Å². The zero-order valence-electron chi connectivity index (χ0n) is 9.88. The Hall–Kier alpha value is -1.91. The molecule has 0 aliphatic carbocycles. The van der Waals surface area contributed by atoms with Gasteiger partial charge in [0.25, 0.3) is 0 Å². The number of hydrogen-bond acceptors (Lipinski definition) is 4. The van der Waals surface area contributed by atoms with Gasteiger partial charge in [0.1, 0.15) is 0 Å². The van der Waals surface area contributed by atoms with Gasteiger partial charge in [-0.15, -0.1) is 0 Å². The van der Waals surface area contributed by atoms with Crippen LogP contribution in [-0.2, 0) is 0 Å². The molecule has 1 N–H and O–H groups in total. The Bertz CT molecular complexity index is 682. The SMILES string of the molecule is Clc1nsnc1Nc1ccccc1-c1ccccc1. The third kappa shape index (κ3) is 2.59. The van der Waals surface area contributed by atoms with Gasteiger partial charge >= 0.3 is 0 Å². The molecular formula is C14H10ClN3S. The van der Waals surface area contributed by atoms with Crippen molar-refractivity contribution in [2.75, 3.05) is 5.32 Å². The average molecular weight is 288 g/mol. The zero-order valence-corrected chi connectivity index (χ0v) is 11.4. The van der Waals surface area contributed by atoms with E-state index in [1.54, 1.807) is 0 Å². The molecule has 19 heavy (non-hydrogen) atoms. The van der Waals surface area contributed by atoms with Crippen molar-refractivity contribution in [3.8, 4) is 11.1 Å². The number of halogens is 1. The zero-order chi connectivity index (χ0) is 13.1. The number of nitrogens with one attached hydrogen (secondary N) is 1. The maximum Gasteiger partial charge on any atom is 0.187 e. The summed E-state index contributed by atoms with van der Waals surface area (Å²) in [6, 6.07) is 18.2. The Morgan fingerprint density at radius 3 is 2.37 bits per heavy atom. The lowest BCUT2D eigenvalue weighted by Crippen LogP contribution is -1.93. The topological polar surface area (TPSA) is 37.8 Å². The number of hydrogen-bond donors (Lipinski definition) is 1. The molecule has 0 aliphatic rings. The molecule has 0 atom stereocenters. The molecule has 0 bridgehead atoms. The van der Waals surface area contributed by atoms with Gasteiger partial charge in [-0.3, -0.25) is 0 Å². The molecule has 1 aromatic heterocycles. The summed E-state index contributed by atoms with van der Waals surface area (Å²) in [4.78, 5) is 0. The average Bonchev–Trinajstić information content (AvgIpc) is 2.86.